The average Bonchev–Trinajstić information content (AvgIpc) is 2.76. The van der Waals surface area contributed by atoms with Crippen LogP contribution in [0, 0.1) is 17.3 Å². The van der Waals surface area contributed by atoms with Gasteiger partial charge in [0.15, 0.2) is 0 Å². The maximum Gasteiger partial charge on any atom is 0.309 e. The second-order valence-corrected chi connectivity index (χ2v) is 11.3. The molecule has 4 heteroatoms. The molecular formula is C30H58O4. The third-order valence-electron chi connectivity index (χ3n) is 7.54. The summed E-state index contributed by atoms with van der Waals surface area (Å²) >= 11 is 0. The molecule has 34 heavy (non-hydrogen) atoms. The second-order valence-electron chi connectivity index (χ2n) is 11.3. The number of carboxylic acids is 2. The monoisotopic (exact) mass is 482 g/mol. The van der Waals surface area contributed by atoms with Crippen molar-refractivity contribution >= 4 is 11.9 Å². The van der Waals surface area contributed by atoms with Crippen molar-refractivity contribution in [1.82, 2.24) is 0 Å². The van der Waals surface area contributed by atoms with Crippen LogP contribution in [0.1, 0.15) is 163 Å². The maximum absolute atomic E-state index is 12.5. The average molecular weight is 483 g/mol. The summed E-state index contributed by atoms with van der Waals surface area (Å²) < 4.78 is 0. The third-order valence-corrected chi connectivity index (χ3v) is 7.54. The minimum atomic E-state index is -0.677. The van der Waals surface area contributed by atoms with Gasteiger partial charge in [0.05, 0.1) is 5.41 Å². The fraction of sp³-hybridized carbons (Fsp3) is 0.933. The minimum Gasteiger partial charge on any atom is -0.481 e. The summed E-state index contributed by atoms with van der Waals surface area (Å²) in [5, 5.41) is 18.9. The Morgan fingerprint density at radius 2 is 0.971 bits per heavy atom. The van der Waals surface area contributed by atoms with Crippen molar-refractivity contribution in [2.45, 2.75) is 163 Å². The molecule has 0 amide bonds. The summed E-state index contributed by atoms with van der Waals surface area (Å²) in [6, 6.07) is 0. The quantitative estimate of drug-likeness (QED) is 0.127. The standard InChI is InChI=1S/C30H58O4/c1-5-20-26(3)24-30(29(33)34,25-27(4)21-6-2)23-19-17-15-13-11-9-7-8-10-12-14-16-18-22-28(31)32/h26-27H,5-25H2,1-4H3,(H,31,32)(H,33,34). The van der Waals surface area contributed by atoms with Gasteiger partial charge < -0.3 is 10.2 Å². The predicted molar refractivity (Wildman–Crippen MR) is 144 cm³/mol. The maximum atomic E-state index is 12.5. The van der Waals surface area contributed by atoms with E-state index in [1.165, 1.54) is 57.8 Å². The summed E-state index contributed by atoms with van der Waals surface area (Å²) in [6.07, 6.45) is 22.8. The first-order valence-corrected chi connectivity index (χ1v) is 14.7. The Kier molecular flexibility index (Phi) is 20.6. The van der Waals surface area contributed by atoms with Gasteiger partial charge in [0.25, 0.3) is 0 Å². The third kappa shape index (κ3) is 17.4. The summed E-state index contributed by atoms with van der Waals surface area (Å²) in [5.74, 6) is -0.260. The molecule has 2 N–H and O–H groups in total. The van der Waals surface area contributed by atoms with Crippen molar-refractivity contribution in [2.24, 2.45) is 17.3 Å². The normalized spacial score (nSPS) is 15.1. The van der Waals surface area contributed by atoms with E-state index in [-0.39, 0.29) is 0 Å². The van der Waals surface area contributed by atoms with Crippen LogP contribution in [-0.2, 0) is 9.59 Å². The van der Waals surface area contributed by atoms with Crippen molar-refractivity contribution in [2.75, 3.05) is 0 Å². The zero-order valence-electron chi connectivity index (χ0n) is 23.2. The van der Waals surface area contributed by atoms with Gasteiger partial charge in [-0.25, -0.2) is 0 Å². The van der Waals surface area contributed by atoms with Gasteiger partial charge in [-0.05, 0) is 37.5 Å². The van der Waals surface area contributed by atoms with Gasteiger partial charge in [-0.2, -0.15) is 0 Å². The Balaban J connectivity index is 4.09. The van der Waals surface area contributed by atoms with Crippen molar-refractivity contribution in [3.05, 3.63) is 0 Å². The van der Waals surface area contributed by atoms with E-state index in [1.54, 1.807) is 0 Å². The number of rotatable bonds is 25. The minimum absolute atomic E-state index is 0.313. The SMILES string of the molecule is CCCC(C)CC(CCCCCCCCCCCCCCCC(=O)O)(CC(C)CCC)C(=O)O. The molecule has 0 aromatic rings. The molecule has 0 radical (unpaired) electrons. The highest BCUT2D eigenvalue weighted by atomic mass is 16.4. The van der Waals surface area contributed by atoms with Crippen LogP contribution >= 0.6 is 0 Å². The molecule has 0 aromatic heterocycles. The van der Waals surface area contributed by atoms with E-state index in [4.69, 9.17) is 5.11 Å². The summed E-state index contributed by atoms with van der Waals surface area (Å²) in [5.41, 5.74) is -0.531. The fourth-order valence-electron chi connectivity index (χ4n) is 5.78. The summed E-state index contributed by atoms with van der Waals surface area (Å²) in [4.78, 5) is 23.0. The number of hydrogen-bond donors (Lipinski definition) is 2. The molecule has 0 fully saturated rings. The van der Waals surface area contributed by atoms with Gasteiger partial charge >= 0.3 is 11.9 Å². The van der Waals surface area contributed by atoms with Crippen molar-refractivity contribution < 1.29 is 19.8 Å². The lowest BCUT2D eigenvalue weighted by Gasteiger charge is -2.34. The largest absolute Gasteiger partial charge is 0.481 e. The molecule has 2 atom stereocenters. The highest BCUT2D eigenvalue weighted by Crippen LogP contribution is 2.41. The van der Waals surface area contributed by atoms with E-state index in [0.29, 0.717) is 18.3 Å². The molecule has 0 aliphatic heterocycles. The molecule has 0 aliphatic rings. The zero-order chi connectivity index (χ0) is 25.7. The molecule has 4 nitrogen and oxygen atoms in total. The lowest BCUT2D eigenvalue weighted by molar-refractivity contribution is -0.152. The summed E-state index contributed by atoms with van der Waals surface area (Å²) in [7, 11) is 0. The Hall–Kier alpha value is -1.06. The van der Waals surface area contributed by atoms with Crippen LogP contribution in [0.5, 0.6) is 0 Å². The van der Waals surface area contributed by atoms with E-state index < -0.39 is 17.4 Å². The number of aliphatic carboxylic acids is 2. The Morgan fingerprint density at radius 3 is 1.29 bits per heavy atom. The van der Waals surface area contributed by atoms with Crippen molar-refractivity contribution in [3.8, 4) is 0 Å². The molecule has 0 bridgehead atoms. The lowest BCUT2D eigenvalue weighted by Crippen LogP contribution is -2.35. The lowest BCUT2D eigenvalue weighted by atomic mass is 9.69. The zero-order valence-corrected chi connectivity index (χ0v) is 23.2. The van der Waals surface area contributed by atoms with Gasteiger partial charge in [-0.15, -0.1) is 0 Å². The smallest absolute Gasteiger partial charge is 0.309 e. The predicted octanol–water partition coefficient (Wildman–Crippen LogP) is 9.65. The molecule has 2 unspecified atom stereocenters. The first-order valence-electron chi connectivity index (χ1n) is 14.7. The van der Waals surface area contributed by atoms with E-state index in [9.17, 15) is 14.7 Å². The van der Waals surface area contributed by atoms with Gasteiger partial charge in [-0.3, -0.25) is 9.59 Å². The van der Waals surface area contributed by atoms with Crippen LogP contribution in [0.3, 0.4) is 0 Å². The van der Waals surface area contributed by atoms with Gasteiger partial charge in [0, 0.05) is 6.42 Å². The highest BCUT2D eigenvalue weighted by molar-refractivity contribution is 5.74. The second kappa shape index (κ2) is 21.2. The van der Waals surface area contributed by atoms with E-state index in [1.807, 2.05) is 0 Å². The van der Waals surface area contributed by atoms with Crippen LogP contribution in [-0.4, -0.2) is 22.2 Å². The number of carboxylic acid groups (broad SMARTS) is 2. The summed E-state index contributed by atoms with van der Waals surface area (Å²) in [6.45, 7) is 8.88. The van der Waals surface area contributed by atoms with Crippen LogP contribution in [0.25, 0.3) is 0 Å². The van der Waals surface area contributed by atoms with Gasteiger partial charge in [0.2, 0.25) is 0 Å². The van der Waals surface area contributed by atoms with Crippen LogP contribution < -0.4 is 0 Å². The highest BCUT2D eigenvalue weighted by Gasteiger charge is 2.39. The number of unbranched alkanes of at least 4 members (excludes halogenated alkanes) is 12. The molecule has 0 heterocycles. The van der Waals surface area contributed by atoms with E-state index in [0.717, 1.165) is 70.6 Å². The Morgan fingerprint density at radius 1 is 0.618 bits per heavy atom. The molecule has 202 valence electrons. The first kappa shape index (κ1) is 32.9. The molecular weight excluding hydrogens is 424 g/mol. The van der Waals surface area contributed by atoms with Crippen LogP contribution in [0.15, 0.2) is 0 Å². The van der Waals surface area contributed by atoms with Gasteiger partial charge in [0.1, 0.15) is 0 Å². The molecule has 0 aromatic carbocycles. The Bertz CT molecular complexity index is 488. The first-order chi connectivity index (χ1) is 16.3. The molecule has 0 saturated carbocycles. The van der Waals surface area contributed by atoms with Crippen LogP contribution in [0.2, 0.25) is 0 Å². The number of hydrogen-bond acceptors (Lipinski definition) is 2. The molecule has 0 spiro atoms. The van der Waals surface area contributed by atoms with Crippen molar-refractivity contribution in [1.29, 1.82) is 0 Å². The Labute approximate surface area is 211 Å². The van der Waals surface area contributed by atoms with Crippen molar-refractivity contribution in [3.63, 3.8) is 0 Å². The number of carbonyl (C=O) groups is 2. The molecule has 0 aliphatic carbocycles. The van der Waals surface area contributed by atoms with Crippen LogP contribution in [0.4, 0.5) is 0 Å². The van der Waals surface area contributed by atoms with E-state index >= 15 is 0 Å². The van der Waals surface area contributed by atoms with Gasteiger partial charge in [-0.1, -0.05) is 130 Å². The molecule has 0 saturated heterocycles. The van der Waals surface area contributed by atoms with E-state index in [2.05, 4.69) is 27.7 Å². The fourth-order valence-corrected chi connectivity index (χ4v) is 5.78. The molecule has 0 rings (SSSR count). The topological polar surface area (TPSA) is 74.6 Å².